The molecule has 0 aromatic carbocycles. The van der Waals surface area contributed by atoms with Crippen molar-refractivity contribution in [2.45, 2.75) is 57.7 Å². The van der Waals surface area contributed by atoms with Gasteiger partial charge in [0.25, 0.3) is 0 Å². The average Bonchev–Trinajstić information content (AvgIpc) is 3.04. The van der Waals surface area contributed by atoms with Gasteiger partial charge in [0.2, 0.25) is 0 Å². The highest BCUT2D eigenvalue weighted by Gasteiger charge is 2.27. The van der Waals surface area contributed by atoms with Gasteiger partial charge < -0.3 is 9.67 Å². The molecule has 0 bridgehead atoms. The molecule has 0 amide bonds. The van der Waals surface area contributed by atoms with E-state index in [1.165, 1.54) is 12.8 Å². The second kappa shape index (κ2) is 8.68. The maximum Gasteiger partial charge on any atom is 0.146 e. The third-order valence-electron chi connectivity index (χ3n) is 6.12. The normalized spacial score (nSPS) is 22.6. The fourth-order valence-electron chi connectivity index (χ4n) is 4.47. The summed E-state index contributed by atoms with van der Waals surface area (Å²) in [6.07, 6.45) is 3.93. The van der Waals surface area contributed by atoms with Gasteiger partial charge in [-0.05, 0) is 51.3 Å². The van der Waals surface area contributed by atoms with Crippen molar-refractivity contribution in [3.8, 4) is 0 Å². The standard InChI is InChI=1S/C21H32N6O/c1-16-5-3-7-18(22-16)14-27-10-4-6-17(13-27)21-24-23-20(25(21)2)15-26-11-8-19(28)9-12-26/h3,5,7,17,19,28H,4,6,8-15H2,1-2H3. The molecule has 2 aliphatic heterocycles. The molecule has 0 saturated carbocycles. The fourth-order valence-corrected chi connectivity index (χ4v) is 4.47. The number of rotatable bonds is 5. The number of aliphatic hydroxyl groups is 1. The van der Waals surface area contributed by atoms with E-state index in [4.69, 9.17) is 0 Å². The molecule has 1 N–H and O–H groups in total. The third-order valence-corrected chi connectivity index (χ3v) is 6.12. The Morgan fingerprint density at radius 1 is 1.04 bits per heavy atom. The van der Waals surface area contributed by atoms with Crippen LogP contribution in [0.5, 0.6) is 0 Å². The number of aliphatic hydroxyl groups excluding tert-OH is 1. The van der Waals surface area contributed by atoms with Gasteiger partial charge in [0, 0.05) is 44.8 Å². The monoisotopic (exact) mass is 384 g/mol. The zero-order valence-electron chi connectivity index (χ0n) is 17.1. The molecule has 152 valence electrons. The van der Waals surface area contributed by atoms with E-state index in [9.17, 15) is 5.11 Å². The maximum absolute atomic E-state index is 9.70. The molecule has 7 heteroatoms. The lowest BCUT2D eigenvalue weighted by Gasteiger charge is -2.32. The van der Waals surface area contributed by atoms with Crippen molar-refractivity contribution in [2.24, 2.45) is 7.05 Å². The van der Waals surface area contributed by atoms with Crippen LogP contribution in [0.2, 0.25) is 0 Å². The summed E-state index contributed by atoms with van der Waals surface area (Å²) in [5.74, 6) is 2.56. The van der Waals surface area contributed by atoms with Crippen LogP contribution in [0.25, 0.3) is 0 Å². The zero-order valence-corrected chi connectivity index (χ0v) is 17.1. The predicted molar refractivity (Wildman–Crippen MR) is 108 cm³/mol. The molecule has 1 atom stereocenters. The van der Waals surface area contributed by atoms with Crippen LogP contribution in [0.15, 0.2) is 18.2 Å². The topological polar surface area (TPSA) is 70.3 Å². The second-order valence-electron chi connectivity index (χ2n) is 8.39. The van der Waals surface area contributed by atoms with Gasteiger partial charge in [-0.2, -0.15) is 0 Å². The quantitative estimate of drug-likeness (QED) is 0.848. The predicted octanol–water partition coefficient (Wildman–Crippen LogP) is 1.85. The van der Waals surface area contributed by atoms with Crippen molar-refractivity contribution in [3.05, 3.63) is 41.2 Å². The fraction of sp³-hybridized carbons (Fsp3) is 0.667. The molecule has 0 radical (unpaired) electrons. The number of hydrogen-bond acceptors (Lipinski definition) is 6. The third kappa shape index (κ3) is 4.59. The summed E-state index contributed by atoms with van der Waals surface area (Å²) in [5, 5.41) is 18.8. The molecular formula is C21H32N6O. The summed E-state index contributed by atoms with van der Waals surface area (Å²) in [6, 6.07) is 6.26. The van der Waals surface area contributed by atoms with E-state index in [-0.39, 0.29) is 6.10 Å². The molecule has 2 fully saturated rings. The molecule has 2 saturated heterocycles. The van der Waals surface area contributed by atoms with E-state index >= 15 is 0 Å². The van der Waals surface area contributed by atoms with Crippen LogP contribution in [0.1, 0.15) is 54.6 Å². The molecule has 28 heavy (non-hydrogen) atoms. The smallest absolute Gasteiger partial charge is 0.146 e. The van der Waals surface area contributed by atoms with Gasteiger partial charge in [-0.1, -0.05) is 6.07 Å². The van der Waals surface area contributed by atoms with Crippen molar-refractivity contribution >= 4 is 0 Å². The zero-order chi connectivity index (χ0) is 19.5. The maximum atomic E-state index is 9.70. The minimum absolute atomic E-state index is 0.137. The van der Waals surface area contributed by atoms with E-state index in [1.807, 2.05) is 13.0 Å². The van der Waals surface area contributed by atoms with Crippen LogP contribution >= 0.6 is 0 Å². The van der Waals surface area contributed by atoms with Gasteiger partial charge in [0.05, 0.1) is 18.3 Å². The number of aryl methyl sites for hydroxylation is 1. The van der Waals surface area contributed by atoms with E-state index in [2.05, 4.69) is 48.7 Å². The van der Waals surface area contributed by atoms with Gasteiger partial charge in [-0.25, -0.2) is 0 Å². The summed E-state index contributed by atoms with van der Waals surface area (Å²) in [4.78, 5) is 9.53. The lowest BCUT2D eigenvalue weighted by Crippen LogP contribution is -2.36. The Labute approximate surface area is 167 Å². The first-order chi connectivity index (χ1) is 13.6. The molecular weight excluding hydrogens is 352 g/mol. The van der Waals surface area contributed by atoms with Crippen LogP contribution in [0.3, 0.4) is 0 Å². The highest BCUT2D eigenvalue weighted by molar-refractivity contribution is 5.10. The van der Waals surface area contributed by atoms with Crippen LogP contribution in [-0.4, -0.2) is 66.9 Å². The number of piperidine rings is 2. The van der Waals surface area contributed by atoms with Crippen LogP contribution in [-0.2, 0) is 20.1 Å². The Morgan fingerprint density at radius 2 is 1.86 bits per heavy atom. The highest BCUT2D eigenvalue weighted by Crippen LogP contribution is 2.27. The molecule has 0 spiro atoms. The number of nitrogens with zero attached hydrogens (tertiary/aromatic N) is 6. The van der Waals surface area contributed by atoms with Gasteiger partial charge in [-0.15, -0.1) is 10.2 Å². The van der Waals surface area contributed by atoms with Crippen molar-refractivity contribution in [3.63, 3.8) is 0 Å². The van der Waals surface area contributed by atoms with Crippen molar-refractivity contribution in [2.75, 3.05) is 26.2 Å². The first-order valence-electron chi connectivity index (χ1n) is 10.5. The molecule has 2 aromatic rings. The largest absolute Gasteiger partial charge is 0.393 e. The molecule has 4 rings (SSSR count). The van der Waals surface area contributed by atoms with Crippen molar-refractivity contribution in [1.82, 2.24) is 29.5 Å². The first kappa shape index (κ1) is 19.5. The Morgan fingerprint density at radius 3 is 2.64 bits per heavy atom. The summed E-state index contributed by atoms with van der Waals surface area (Å²) < 4.78 is 2.20. The second-order valence-corrected chi connectivity index (χ2v) is 8.39. The minimum Gasteiger partial charge on any atom is -0.393 e. The van der Waals surface area contributed by atoms with Gasteiger partial charge in [-0.3, -0.25) is 14.8 Å². The van der Waals surface area contributed by atoms with E-state index in [1.54, 1.807) is 0 Å². The van der Waals surface area contributed by atoms with Crippen molar-refractivity contribution in [1.29, 1.82) is 0 Å². The molecule has 1 unspecified atom stereocenters. The van der Waals surface area contributed by atoms with Crippen LogP contribution < -0.4 is 0 Å². The Kier molecular flexibility index (Phi) is 6.04. The van der Waals surface area contributed by atoms with Crippen LogP contribution in [0.4, 0.5) is 0 Å². The van der Waals surface area contributed by atoms with E-state index in [0.29, 0.717) is 5.92 Å². The van der Waals surface area contributed by atoms with Crippen molar-refractivity contribution < 1.29 is 5.11 Å². The average molecular weight is 385 g/mol. The number of aromatic nitrogens is 4. The summed E-state index contributed by atoms with van der Waals surface area (Å²) in [7, 11) is 2.10. The SMILES string of the molecule is Cc1cccc(CN2CCCC(c3nnc(CN4CCC(O)CC4)n3C)C2)n1. The molecule has 2 aliphatic rings. The Bertz CT molecular complexity index is 783. The summed E-state index contributed by atoms with van der Waals surface area (Å²) in [5.41, 5.74) is 2.22. The molecule has 7 nitrogen and oxygen atoms in total. The number of pyridine rings is 1. The van der Waals surface area contributed by atoms with Crippen LogP contribution in [0, 0.1) is 6.92 Å². The van der Waals surface area contributed by atoms with Gasteiger partial charge in [0.15, 0.2) is 0 Å². The Hall–Kier alpha value is -1.83. The summed E-state index contributed by atoms with van der Waals surface area (Å²) in [6.45, 7) is 7.77. The molecule has 2 aromatic heterocycles. The lowest BCUT2D eigenvalue weighted by atomic mass is 9.97. The number of likely N-dealkylation sites (tertiary alicyclic amines) is 2. The lowest BCUT2D eigenvalue weighted by molar-refractivity contribution is 0.0775. The Balaban J connectivity index is 1.39. The number of hydrogen-bond donors (Lipinski definition) is 1. The van der Waals surface area contributed by atoms with Gasteiger partial charge >= 0.3 is 0 Å². The first-order valence-corrected chi connectivity index (χ1v) is 10.5. The van der Waals surface area contributed by atoms with Gasteiger partial charge in [0.1, 0.15) is 11.6 Å². The minimum atomic E-state index is -0.137. The molecule has 0 aliphatic carbocycles. The van der Waals surface area contributed by atoms with E-state index < -0.39 is 0 Å². The van der Waals surface area contributed by atoms with E-state index in [0.717, 1.165) is 75.1 Å². The molecule has 4 heterocycles. The summed E-state index contributed by atoms with van der Waals surface area (Å²) >= 11 is 0. The highest BCUT2D eigenvalue weighted by atomic mass is 16.3.